The quantitative estimate of drug-likeness (QED) is 0.692. The number of fused-ring (bicyclic) bond motifs is 1. The second-order valence-electron chi connectivity index (χ2n) is 5.25. The number of carbonyl (C=O) groups is 1. The molecule has 0 spiro atoms. The van der Waals surface area contributed by atoms with E-state index in [2.05, 4.69) is 23.6 Å². The molecule has 98 valence electrons. The summed E-state index contributed by atoms with van der Waals surface area (Å²) in [5.41, 5.74) is 0. The topological polar surface area (TPSA) is 32.8 Å². The van der Waals surface area contributed by atoms with Gasteiger partial charge in [-0.15, -0.1) is 0 Å². The minimum atomic E-state index is -0.108. The van der Waals surface area contributed by atoms with Crippen LogP contribution in [-0.2, 0) is 9.53 Å². The van der Waals surface area contributed by atoms with E-state index in [0.29, 0.717) is 24.7 Å². The van der Waals surface area contributed by atoms with E-state index in [0.717, 1.165) is 19.5 Å². The lowest BCUT2D eigenvalue weighted by molar-refractivity contribution is -0.143. The maximum Gasteiger partial charge on any atom is 0.319 e. The Morgan fingerprint density at radius 3 is 2.76 bits per heavy atom. The fraction of sp³-hybridized carbons (Fsp3) is 0.923. The third-order valence-corrected chi connectivity index (χ3v) is 4.41. The maximum atomic E-state index is 11.4. The second kappa shape index (κ2) is 5.36. The maximum absolute atomic E-state index is 11.4. The van der Waals surface area contributed by atoms with Crippen molar-refractivity contribution in [2.24, 2.45) is 0 Å². The first-order chi connectivity index (χ1) is 8.17. The molecule has 4 nitrogen and oxygen atoms in total. The van der Waals surface area contributed by atoms with Crippen LogP contribution in [0.15, 0.2) is 0 Å². The van der Waals surface area contributed by atoms with Crippen molar-refractivity contribution in [3.05, 3.63) is 0 Å². The number of piperazine rings is 1. The minimum Gasteiger partial charge on any atom is -0.468 e. The number of ether oxygens (including phenoxy) is 1. The van der Waals surface area contributed by atoms with E-state index in [1.165, 1.54) is 20.0 Å². The highest BCUT2D eigenvalue weighted by Crippen LogP contribution is 2.32. The molecule has 0 N–H and O–H groups in total. The molecule has 0 amide bonds. The summed E-state index contributed by atoms with van der Waals surface area (Å²) in [6.45, 7) is 7.09. The normalized spacial score (nSPS) is 34.6. The van der Waals surface area contributed by atoms with Crippen molar-refractivity contribution in [2.75, 3.05) is 26.7 Å². The van der Waals surface area contributed by atoms with Gasteiger partial charge in [-0.3, -0.25) is 14.6 Å². The van der Waals surface area contributed by atoms with Gasteiger partial charge in [-0.1, -0.05) is 6.92 Å². The molecule has 0 aromatic rings. The van der Waals surface area contributed by atoms with Gasteiger partial charge in [0.05, 0.1) is 13.7 Å². The van der Waals surface area contributed by atoms with Gasteiger partial charge in [-0.05, 0) is 26.2 Å². The molecule has 0 saturated carbocycles. The smallest absolute Gasteiger partial charge is 0.319 e. The molecule has 2 rings (SSSR count). The van der Waals surface area contributed by atoms with Crippen molar-refractivity contribution in [1.82, 2.24) is 9.80 Å². The van der Waals surface area contributed by atoms with Crippen LogP contribution in [0.25, 0.3) is 0 Å². The van der Waals surface area contributed by atoms with Gasteiger partial charge >= 0.3 is 5.97 Å². The fourth-order valence-corrected chi connectivity index (χ4v) is 3.48. The Balaban J connectivity index is 2.03. The largest absolute Gasteiger partial charge is 0.468 e. The third-order valence-electron chi connectivity index (χ3n) is 4.41. The lowest BCUT2D eigenvalue weighted by Gasteiger charge is -2.45. The van der Waals surface area contributed by atoms with E-state index >= 15 is 0 Å². The molecule has 0 bridgehead atoms. The minimum absolute atomic E-state index is 0.108. The van der Waals surface area contributed by atoms with Crippen LogP contribution in [0.5, 0.6) is 0 Å². The lowest BCUT2D eigenvalue weighted by atomic mass is 9.99. The van der Waals surface area contributed by atoms with Crippen molar-refractivity contribution < 1.29 is 9.53 Å². The number of carbonyl (C=O) groups excluding carboxylic acids is 1. The summed E-state index contributed by atoms with van der Waals surface area (Å²) in [5, 5.41) is 0. The van der Waals surface area contributed by atoms with Crippen molar-refractivity contribution in [3.63, 3.8) is 0 Å². The summed E-state index contributed by atoms with van der Waals surface area (Å²) in [4.78, 5) is 16.4. The average molecular weight is 240 g/mol. The highest BCUT2D eigenvalue weighted by molar-refractivity contribution is 5.71. The fourth-order valence-electron chi connectivity index (χ4n) is 3.48. The van der Waals surface area contributed by atoms with Gasteiger partial charge < -0.3 is 4.74 Å². The molecule has 0 aromatic heterocycles. The molecule has 0 aromatic carbocycles. The van der Waals surface area contributed by atoms with Crippen LogP contribution >= 0.6 is 0 Å². The van der Waals surface area contributed by atoms with Gasteiger partial charge in [0.2, 0.25) is 0 Å². The monoisotopic (exact) mass is 240 g/mol. The Kier molecular flexibility index (Phi) is 4.05. The van der Waals surface area contributed by atoms with E-state index in [9.17, 15) is 4.79 Å². The Morgan fingerprint density at radius 2 is 2.12 bits per heavy atom. The first-order valence-electron chi connectivity index (χ1n) is 6.74. The summed E-state index contributed by atoms with van der Waals surface area (Å²) >= 11 is 0. The summed E-state index contributed by atoms with van der Waals surface area (Å²) in [7, 11) is 1.47. The van der Waals surface area contributed by atoms with Crippen LogP contribution in [0.4, 0.5) is 0 Å². The third kappa shape index (κ3) is 2.47. The standard InChI is InChI=1S/C13H24N2O2/c1-4-11-12-6-5-10(2)15(12)8-7-14(11)9-13(16)17-3/h10-12H,4-9H2,1-3H3. The zero-order valence-electron chi connectivity index (χ0n) is 11.2. The molecular weight excluding hydrogens is 216 g/mol. The molecule has 0 radical (unpaired) electrons. The molecule has 0 aliphatic carbocycles. The Morgan fingerprint density at radius 1 is 1.35 bits per heavy atom. The summed E-state index contributed by atoms with van der Waals surface area (Å²) in [6, 6.07) is 1.88. The molecule has 2 saturated heterocycles. The number of rotatable bonds is 3. The van der Waals surface area contributed by atoms with Gasteiger partial charge in [-0.25, -0.2) is 0 Å². The van der Waals surface area contributed by atoms with Crippen LogP contribution in [0.3, 0.4) is 0 Å². The van der Waals surface area contributed by atoms with Crippen molar-refractivity contribution >= 4 is 5.97 Å². The van der Waals surface area contributed by atoms with Crippen LogP contribution in [0.2, 0.25) is 0 Å². The van der Waals surface area contributed by atoms with Gasteiger partial charge in [0, 0.05) is 31.2 Å². The molecule has 3 unspecified atom stereocenters. The van der Waals surface area contributed by atoms with Crippen molar-refractivity contribution in [3.8, 4) is 0 Å². The summed E-state index contributed by atoms with van der Waals surface area (Å²) in [6.07, 6.45) is 3.69. The van der Waals surface area contributed by atoms with Crippen molar-refractivity contribution in [2.45, 2.75) is 51.2 Å². The number of esters is 1. The van der Waals surface area contributed by atoms with Crippen LogP contribution in [-0.4, -0.2) is 60.6 Å². The predicted octanol–water partition coefficient (Wildman–Crippen LogP) is 1.11. The van der Waals surface area contributed by atoms with Crippen molar-refractivity contribution in [1.29, 1.82) is 0 Å². The van der Waals surface area contributed by atoms with E-state index in [1.807, 2.05) is 0 Å². The van der Waals surface area contributed by atoms with E-state index in [4.69, 9.17) is 4.74 Å². The lowest BCUT2D eigenvalue weighted by Crippen LogP contribution is -2.59. The van der Waals surface area contributed by atoms with Gasteiger partial charge in [0.1, 0.15) is 0 Å². The second-order valence-corrected chi connectivity index (χ2v) is 5.25. The Labute approximate surface area is 104 Å². The molecule has 2 aliphatic rings. The Bertz CT molecular complexity index is 283. The average Bonchev–Trinajstić information content (AvgIpc) is 2.71. The van der Waals surface area contributed by atoms with Crippen LogP contribution in [0, 0.1) is 0 Å². The van der Waals surface area contributed by atoms with Gasteiger partial charge in [-0.2, -0.15) is 0 Å². The van der Waals surface area contributed by atoms with Gasteiger partial charge in [0.25, 0.3) is 0 Å². The van der Waals surface area contributed by atoms with Crippen LogP contribution in [0.1, 0.15) is 33.1 Å². The molecule has 2 fully saturated rings. The predicted molar refractivity (Wildman–Crippen MR) is 66.9 cm³/mol. The van der Waals surface area contributed by atoms with Gasteiger partial charge in [0.15, 0.2) is 0 Å². The number of methoxy groups -OCH3 is 1. The molecule has 2 aliphatic heterocycles. The number of nitrogens with zero attached hydrogens (tertiary/aromatic N) is 2. The Hall–Kier alpha value is -0.610. The molecule has 2 heterocycles. The highest BCUT2D eigenvalue weighted by atomic mass is 16.5. The SMILES string of the molecule is CCC1C2CCC(C)N2CCN1CC(=O)OC. The highest BCUT2D eigenvalue weighted by Gasteiger charge is 2.41. The molecular formula is C13H24N2O2. The number of hydrogen-bond acceptors (Lipinski definition) is 4. The van der Waals surface area contributed by atoms with E-state index in [-0.39, 0.29) is 5.97 Å². The zero-order valence-corrected chi connectivity index (χ0v) is 11.2. The first kappa shape index (κ1) is 12.8. The summed E-state index contributed by atoms with van der Waals surface area (Å²) in [5.74, 6) is -0.108. The molecule has 3 atom stereocenters. The molecule has 4 heteroatoms. The molecule has 17 heavy (non-hydrogen) atoms. The number of hydrogen-bond donors (Lipinski definition) is 0. The zero-order chi connectivity index (χ0) is 12.4. The summed E-state index contributed by atoms with van der Waals surface area (Å²) < 4.78 is 4.78. The first-order valence-corrected chi connectivity index (χ1v) is 6.74. The van der Waals surface area contributed by atoms with E-state index in [1.54, 1.807) is 0 Å². The van der Waals surface area contributed by atoms with E-state index < -0.39 is 0 Å². The van der Waals surface area contributed by atoms with Crippen LogP contribution < -0.4 is 0 Å².